The van der Waals surface area contributed by atoms with Crippen LogP contribution in [-0.4, -0.2) is 46.0 Å². The Balaban J connectivity index is 1.75. The van der Waals surface area contributed by atoms with E-state index < -0.39 is 24.4 Å². The summed E-state index contributed by atoms with van der Waals surface area (Å²) in [6.45, 7) is -0.392. The Morgan fingerprint density at radius 2 is 1.61 bits per heavy atom. The van der Waals surface area contributed by atoms with E-state index in [2.05, 4.69) is 0 Å². The van der Waals surface area contributed by atoms with Crippen LogP contribution in [0.3, 0.4) is 0 Å². The van der Waals surface area contributed by atoms with Crippen molar-refractivity contribution in [3.8, 4) is 0 Å². The largest absolute Gasteiger partial charge is 0.334 e. The van der Waals surface area contributed by atoms with Crippen LogP contribution in [0.1, 0.15) is 42.5 Å². The minimum atomic E-state index is -0.898. The summed E-state index contributed by atoms with van der Waals surface area (Å²) < 4.78 is 0. The van der Waals surface area contributed by atoms with E-state index in [0.29, 0.717) is 5.56 Å². The summed E-state index contributed by atoms with van der Waals surface area (Å²) in [5, 5.41) is 0. The van der Waals surface area contributed by atoms with Crippen LogP contribution in [-0.2, 0) is 9.59 Å². The van der Waals surface area contributed by atoms with Gasteiger partial charge in [-0.15, -0.1) is 0 Å². The molecule has 1 saturated carbocycles. The molecule has 0 spiro atoms. The zero-order valence-electron chi connectivity index (χ0n) is 12.7. The highest BCUT2D eigenvalue weighted by atomic mass is 16.2. The lowest BCUT2D eigenvalue weighted by molar-refractivity contribution is -0.144. The van der Waals surface area contributed by atoms with E-state index in [4.69, 9.17) is 0 Å². The van der Waals surface area contributed by atoms with E-state index in [0.717, 1.165) is 41.9 Å². The van der Waals surface area contributed by atoms with Crippen LogP contribution < -0.4 is 0 Å². The van der Waals surface area contributed by atoms with E-state index >= 15 is 0 Å². The van der Waals surface area contributed by atoms with Crippen LogP contribution in [0.2, 0.25) is 0 Å². The Kier molecular flexibility index (Phi) is 4.23. The van der Waals surface area contributed by atoms with Gasteiger partial charge in [-0.2, -0.15) is 0 Å². The second-order valence-electron chi connectivity index (χ2n) is 5.93. The molecule has 1 aliphatic carbocycles. The molecule has 1 aromatic rings. The number of hydrogen-bond donors (Lipinski definition) is 0. The molecular weight excluding hydrogens is 296 g/mol. The van der Waals surface area contributed by atoms with Crippen LogP contribution in [0.15, 0.2) is 30.3 Å². The first-order chi connectivity index (χ1) is 11.1. The molecule has 1 saturated heterocycles. The predicted octanol–water partition coefficient (Wildman–Crippen LogP) is 1.99. The minimum absolute atomic E-state index is 0.218. The summed E-state index contributed by atoms with van der Waals surface area (Å²) in [7, 11) is 0. The smallest absolute Gasteiger partial charge is 0.292 e. The van der Waals surface area contributed by atoms with E-state index in [1.165, 1.54) is 0 Å². The van der Waals surface area contributed by atoms with E-state index in [9.17, 15) is 19.2 Å². The molecule has 3 rings (SSSR count). The topological polar surface area (TPSA) is 74.8 Å². The highest BCUT2D eigenvalue weighted by Crippen LogP contribution is 2.26. The van der Waals surface area contributed by atoms with Gasteiger partial charge in [0.05, 0.1) is 6.54 Å². The first-order valence-corrected chi connectivity index (χ1v) is 7.87. The first-order valence-electron chi connectivity index (χ1n) is 7.87. The second kappa shape index (κ2) is 6.32. The number of Topliss-reactive ketones (excluding diaryl/α,β-unsaturated/α-hetero) is 1. The molecule has 2 aliphatic rings. The molecule has 6 heteroatoms. The van der Waals surface area contributed by atoms with Gasteiger partial charge in [-0.1, -0.05) is 49.6 Å². The number of ketones is 1. The minimum Gasteiger partial charge on any atom is -0.292 e. The summed E-state index contributed by atoms with van der Waals surface area (Å²) in [5.74, 6) is -2.06. The molecule has 0 atom stereocenters. The number of hydrogen-bond acceptors (Lipinski definition) is 4. The third kappa shape index (κ3) is 2.88. The Morgan fingerprint density at radius 3 is 2.26 bits per heavy atom. The Labute approximate surface area is 134 Å². The molecule has 1 aromatic carbocycles. The molecule has 23 heavy (non-hydrogen) atoms. The van der Waals surface area contributed by atoms with E-state index in [1.807, 2.05) is 0 Å². The molecule has 1 aliphatic heterocycles. The fraction of sp³-hybridized carbons (Fsp3) is 0.412. The molecule has 0 radical (unpaired) electrons. The van der Waals surface area contributed by atoms with Crippen molar-refractivity contribution in [2.45, 2.75) is 38.1 Å². The fourth-order valence-corrected chi connectivity index (χ4v) is 3.18. The van der Waals surface area contributed by atoms with Gasteiger partial charge in [-0.05, 0) is 12.8 Å². The molecule has 1 heterocycles. The molecule has 4 amide bonds. The van der Waals surface area contributed by atoms with Crippen molar-refractivity contribution in [1.82, 2.24) is 9.80 Å². The summed E-state index contributed by atoms with van der Waals surface area (Å²) in [6.07, 6.45) is 4.42. The Morgan fingerprint density at radius 1 is 0.957 bits per heavy atom. The quantitative estimate of drug-likeness (QED) is 0.484. The molecule has 0 aromatic heterocycles. The highest BCUT2D eigenvalue weighted by molar-refractivity contribution is 6.45. The molecule has 0 bridgehead atoms. The standard InChI is InChI=1S/C17H18N2O4/c20-14(12-7-3-1-4-8-12)11-18-15(21)16(22)19(17(18)23)13-9-5-2-6-10-13/h1,3-4,7-8,13H,2,5-6,9-11H2. The first kappa shape index (κ1) is 15.4. The van der Waals surface area contributed by atoms with Crippen LogP contribution in [0.25, 0.3) is 0 Å². The summed E-state index contributed by atoms with van der Waals surface area (Å²) in [6, 6.07) is 7.56. The van der Waals surface area contributed by atoms with Crippen molar-refractivity contribution in [2.24, 2.45) is 0 Å². The molecule has 120 valence electrons. The average Bonchev–Trinajstić information content (AvgIpc) is 2.80. The van der Waals surface area contributed by atoms with E-state index in [-0.39, 0.29) is 11.8 Å². The number of imide groups is 2. The maximum absolute atomic E-state index is 12.5. The number of carbonyl (C=O) groups excluding carboxylic acids is 4. The zero-order valence-corrected chi connectivity index (χ0v) is 12.7. The van der Waals surface area contributed by atoms with Gasteiger partial charge >= 0.3 is 17.8 Å². The van der Waals surface area contributed by atoms with Gasteiger partial charge in [-0.3, -0.25) is 19.3 Å². The van der Waals surface area contributed by atoms with Gasteiger partial charge in [-0.25, -0.2) is 9.69 Å². The third-order valence-electron chi connectivity index (χ3n) is 4.42. The van der Waals surface area contributed by atoms with Crippen molar-refractivity contribution < 1.29 is 19.2 Å². The van der Waals surface area contributed by atoms with E-state index in [1.54, 1.807) is 30.3 Å². The van der Waals surface area contributed by atoms with Gasteiger partial charge in [0.1, 0.15) is 0 Å². The van der Waals surface area contributed by atoms with Gasteiger partial charge in [0.25, 0.3) is 0 Å². The SMILES string of the molecule is O=C(CN1C(=O)C(=O)N(C2CCCCC2)C1=O)c1ccccc1. The lowest BCUT2D eigenvalue weighted by Crippen LogP contribution is -2.43. The van der Waals surface area contributed by atoms with Gasteiger partial charge < -0.3 is 0 Å². The van der Waals surface area contributed by atoms with Crippen molar-refractivity contribution in [3.63, 3.8) is 0 Å². The van der Waals surface area contributed by atoms with Crippen LogP contribution in [0.5, 0.6) is 0 Å². The second-order valence-corrected chi connectivity index (χ2v) is 5.93. The van der Waals surface area contributed by atoms with Crippen LogP contribution >= 0.6 is 0 Å². The fourth-order valence-electron chi connectivity index (χ4n) is 3.18. The Hall–Kier alpha value is -2.50. The molecular formula is C17H18N2O4. The lowest BCUT2D eigenvalue weighted by Gasteiger charge is -2.28. The van der Waals surface area contributed by atoms with Gasteiger partial charge in [0, 0.05) is 11.6 Å². The normalized spacial score (nSPS) is 19.6. The number of carbonyl (C=O) groups is 4. The van der Waals surface area contributed by atoms with Crippen LogP contribution in [0.4, 0.5) is 4.79 Å². The lowest BCUT2D eigenvalue weighted by atomic mass is 9.94. The molecule has 0 N–H and O–H groups in total. The van der Waals surface area contributed by atoms with Crippen LogP contribution in [0, 0.1) is 0 Å². The number of amides is 4. The number of nitrogens with zero attached hydrogens (tertiary/aromatic N) is 2. The van der Waals surface area contributed by atoms with Crippen molar-refractivity contribution >= 4 is 23.6 Å². The number of urea groups is 1. The summed E-state index contributed by atoms with van der Waals surface area (Å²) in [4.78, 5) is 50.7. The average molecular weight is 314 g/mol. The number of rotatable bonds is 4. The molecule has 0 unspecified atom stereocenters. The maximum atomic E-state index is 12.5. The molecule has 6 nitrogen and oxygen atoms in total. The third-order valence-corrected chi connectivity index (χ3v) is 4.42. The van der Waals surface area contributed by atoms with Crippen molar-refractivity contribution in [1.29, 1.82) is 0 Å². The zero-order chi connectivity index (χ0) is 16.4. The van der Waals surface area contributed by atoms with Gasteiger partial charge in [0.15, 0.2) is 5.78 Å². The molecule has 2 fully saturated rings. The van der Waals surface area contributed by atoms with Crippen molar-refractivity contribution in [3.05, 3.63) is 35.9 Å². The van der Waals surface area contributed by atoms with Crippen molar-refractivity contribution in [2.75, 3.05) is 6.54 Å². The Bertz CT molecular complexity index is 650. The number of benzene rings is 1. The maximum Gasteiger partial charge on any atom is 0.334 e. The highest BCUT2D eigenvalue weighted by Gasteiger charge is 2.48. The summed E-state index contributed by atoms with van der Waals surface area (Å²) in [5.41, 5.74) is 0.414. The monoisotopic (exact) mass is 314 g/mol. The predicted molar refractivity (Wildman–Crippen MR) is 81.6 cm³/mol. The summed E-state index contributed by atoms with van der Waals surface area (Å²) >= 11 is 0. The van der Waals surface area contributed by atoms with Gasteiger partial charge in [0.2, 0.25) is 0 Å².